The Morgan fingerprint density at radius 3 is 2.36 bits per heavy atom. The van der Waals surface area contributed by atoms with Crippen LogP contribution in [0.5, 0.6) is 11.5 Å². The zero-order valence-corrected chi connectivity index (χ0v) is 14.0. The van der Waals surface area contributed by atoms with Gasteiger partial charge in [-0.05, 0) is 44.6 Å². The molecule has 0 aliphatic rings. The van der Waals surface area contributed by atoms with Crippen molar-refractivity contribution < 1.29 is 22.6 Å². The third-order valence-corrected chi connectivity index (χ3v) is 4.37. The van der Waals surface area contributed by atoms with Gasteiger partial charge in [0.1, 0.15) is 11.5 Å². The summed E-state index contributed by atoms with van der Waals surface area (Å²) in [6.07, 6.45) is -1.47. The van der Waals surface area contributed by atoms with E-state index < -0.39 is 17.8 Å². The first-order valence-electron chi connectivity index (χ1n) is 6.90. The fourth-order valence-electron chi connectivity index (χ4n) is 1.79. The average molecular weight is 337 g/mol. The molecule has 1 atom stereocenters. The Morgan fingerprint density at radius 2 is 1.86 bits per heavy atom. The summed E-state index contributed by atoms with van der Waals surface area (Å²) in [7, 11) is 4.84. The number of hydrogen-bond acceptors (Lipinski definition) is 4. The van der Waals surface area contributed by atoms with E-state index in [0.717, 1.165) is 37.2 Å². The molecular weight excluding hydrogens is 315 g/mol. The molecule has 0 saturated carbocycles. The van der Waals surface area contributed by atoms with Crippen molar-refractivity contribution in [3.63, 3.8) is 0 Å². The van der Waals surface area contributed by atoms with Gasteiger partial charge >= 0.3 is 0 Å². The van der Waals surface area contributed by atoms with Crippen molar-refractivity contribution in [2.45, 2.75) is 30.3 Å². The Labute approximate surface area is 133 Å². The third-order valence-electron chi connectivity index (χ3n) is 3.21. The van der Waals surface area contributed by atoms with E-state index in [-0.39, 0.29) is 0 Å². The Bertz CT molecular complexity index is 484. The van der Waals surface area contributed by atoms with Crippen LogP contribution in [0.1, 0.15) is 12.5 Å². The SMILES string of the molecule is CNCCc1cc(OC)c(SCC(F)(F)C(C)F)cc1OC. The zero-order valence-electron chi connectivity index (χ0n) is 13.2. The second-order valence-corrected chi connectivity index (χ2v) is 5.85. The Balaban J connectivity index is 2.99. The lowest BCUT2D eigenvalue weighted by Crippen LogP contribution is -2.30. The number of benzene rings is 1. The van der Waals surface area contributed by atoms with Gasteiger partial charge in [-0.25, -0.2) is 13.2 Å². The Morgan fingerprint density at radius 1 is 1.23 bits per heavy atom. The minimum absolute atomic E-state index is 0.485. The predicted molar refractivity (Wildman–Crippen MR) is 83.4 cm³/mol. The van der Waals surface area contributed by atoms with Gasteiger partial charge in [-0.3, -0.25) is 0 Å². The quantitative estimate of drug-likeness (QED) is 0.698. The molecule has 0 aliphatic heterocycles. The number of halogens is 3. The first kappa shape index (κ1) is 19.0. The summed E-state index contributed by atoms with van der Waals surface area (Å²) in [6, 6.07) is 3.43. The van der Waals surface area contributed by atoms with Crippen molar-refractivity contribution in [2.24, 2.45) is 0 Å². The van der Waals surface area contributed by atoms with E-state index >= 15 is 0 Å². The smallest absolute Gasteiger partial charge is 0.287 e. The van der Waals surface area contributed by atoms with Crippen LogP contribution >= 0.6 is 11.8 Å². The summed E-state index contributed by atoms with van der Waals surface area (Å²) in [5.74, 6) is -2.94. The molecule has 0 aromatic heterocycles. The fraction of sp³-hybridized carbons (Fsp3) is 0.600. The van der Waals surface area contributed by atoms with Gasteiger partial charge in [-0.1, -0.05) is 0 Å². The summed E-state index contributed by atoms with van der Waals surface area (Å²) >= 11 is 0.858. The number of hydrogen-bond donors (Lipinski definition) is 1. The van der Waals surface area contributed by atoms with Crippen LogP contribution in [-0.4, -0.2) is 45.7 Å². The highest BCUT2D eigenvalue weighted by Crippen LogP contribution is 2.39. The van der Waals surface area contributed by atoms with Gasteiger partial charge < -0.3 is 14.8 Å². The first-order chi connectivity index (χ1) is 10.4. The van der Waals surface area contributed by atoms with Gasteiger partial charge in [0.15, 0.2) is 6.17 Å². The van der Waals surface area contributed by atoms with Crippen molar-refractivity contribution in [3.8, 4) is 11.5 Å². The molecule has 0 fully saturated rings. The van der Waals surface area contributed by atoms with Crippen molar-refractivity contribution in [1.29, 1.82) is 0 Å². The molecule has 1 aromatic rings. The second kappa shape index (κ2) is 8.53. The van der Waals surface area contributed by atoms with Crippen LogP contribution in [0.15, 0.2) is 17.0 Å². The molecule has 22 heavy (non-hydrogen) atoms. The highest BCUT2D eigenvalue weighted by molar-refractivity contribution is 7.99. The van der Waals surface area contributed by atoms with Gasteiger partial charge in [0, 0.05) is 0 Å². The van der Waals surface area contributed by atoms with E-state index in [1.54, 1.807) is 12.1 Å². The summed E-state index contributed by atoms with van der Waals surface area (Å²) in [6.45, 7) is 1.61. The van der Waals surface area contributed by atoms with Gasteiger partial charge in [-0.15, -0.1) is 11.8 Å². The minimum atomic E-state index is -3.38. The number of thioether (sulfide) groups is 1. The van der Waals surface area contributed by atoms with Crippen LogP contribution in [0, 0.1) is 0 Å². The predicted octanol–water partition coefficient (Wildman–Crippen LogP) is 3.55. The van der Waals surface area contributed by atoms with Gasteiger partial charge in [-0.2, -0.15) is 0 Å². The van der Waals surface area contributed by atoms with Crippen molar-refractivity contribution >= 4 is 11.8 Å². The molecule has 0 radical (unpaired) electrons. The summed E-state index contributed by atoms with van der Waals surface area (Å²) in [5.41, 5.74) is 0.920. The number of nitrogens with one attached hydrogen (secondary N) is 1. The minimum Gasteiger partial charge on any atom is -0.496 e. The molecule has 1 unspecified atom stereocenters. The van der Waals surface area contributed by atoms with Crippen molar-refractivity contribution in [1.82, 2.24) is 5.32 Å². The summed E-state index contributed by atoms with van der Waals surface area (Å²) in [5, 5.41) is 3.03. The number of rotatable bonds is 9. The number of methoxy groups -OCH3 is 2. The van der Waals surface area contributed by atoms with Crippen LogP contribution in [0.4, 0.5) is 13.2 Å². The second-order valence-electron chi connectivity index (χ2n) is 4.83. The van der Waals surface area contributed by atoms with Gasteiger partial charge in [0.2, 0.25) is 0 Å². The number of likely N-dealkylation sites (N-methyl/N-ethyl adjacent to an activating group) is 1. The van der Waals surface area contributed by atoms with Crippen LogP contribution < -0.4 is 14.8 Å². The van der Waals surface area contributed by atoms with E-state index in [1.165, 1.54) is 14.2 Å². The molecule has 3 nitrogen and oxygen atoms in total. The van der Waals surface area contributed by atoms with E-state index in [1.807, 2.05) is 7.05 Å². The molecule has 0 aliphatic carbocycles. The van der Waals surface area contributed by atoms with Gasteiger partial charge in [0.05, 0.1) is 24.9 Å². The van der Waals surface area contributed by atoms with Crippen LogP contribution in [-0.2, 0) is 6.42 Å². The highest BCUT2D eigenvalue weighted by atomic mass is 32.2. The zero-order chi connectivity index (χ0) is 16.8. The molecule has 0 spiro atoms. The van der Waals surface area contributed by atoms with E-state index in [4.69, 9.17) is 9.47 Å². The number of alkyl halides is 3. The third kappa shape index (κ3) is 4.98. The molecular formula is C15H22F3NO2S. The Kier molecular flexibility index (Phi) is 7.35. The van der Waals surface area contributed by atoms with Gasteiger partial charge in [0.25, 0.3) is 5.92 Å². The normalized spacial score (nSPS) is 13.0. The Hall–Kier alpha value is -1.08. The molecule has 7 heteroatoms. The first-order valence-corrected chi connectivity index (χ1v) is 7.88. The molecule has 1 aromatic carbocycles. The topological polar surface area (TPSA) is 30.5 Å². The van der Waals surface area contributed by atoms with Crippen LogP contribution in [0.3, 0.4) is 0 Å². The maximum Gasteiger partial charge on any atom is 0.287 e. The fourth-order valence-corrected chi connectivity index (χ4v) is 2.84. The molecule has 126 valence electrons. The van der Waals surface area contributed by atoms with E-state index in [2.05, 4.69) is 5.32 Å². The molecule has 0 bridgehead atoms. The average Bonchev–Trinajstić information content (AvgIpc) is 2.50. The largest absolute Gasteiger partial charge is 0.496 e. The lowest BCUT2D eigenvalue weighted by molar-refractivity contribution is -0.0422. The summed E-state index contributed by atoms with van der Waals surface area (Å²) in [4.78, 5) is 0.507. The lowest BCUT2D eigenvalue weighted by Gasteiger charge is -2.19. The molecule has 0 saturated heterocycles. The van der Waals surface area contributed by atoms with Crippen LogP contribution in [0.2, 0.25) is 0 Å². The molecule has 1 N–H and O–H groups in total. The van der Waals surface area contributed by atoms with Crippen LogP contribution in [0.25, 0.3) is 0 Å². The maximum absolute atomic E-state index is 13.4. The van der Waals surface area contributed by atoms with E-state index in [9.17, 15) is 13.2 Å². The van der Waals surface area contributed by atoms with Crippen molar-refractivity contribution in [2.75, 3.05) is 33.6 Å². The summed E-state index contributed by atoms with van der Waals surface area (Å²) < 4.78 is 50.3. The molecule has 1 rings (SSSR count). The lowest BCUT2D eigenvalue weighted by atomic mass is 10.1. The van der Waals surface area contributed by atoms with Crippen molar-refractivity contribution in [3.05, 3.63) is 17.7 Å². The maximum atomic E-state index is 13.4. The highest BCUT2D eigenvalue weighted by Gasteiger charge is 2.37. The molecule has 0 heterocycles. The van der Waals surface area contributed by atoms with E-state index in [0.29, 0.717) is 16.4 Å². The number of ether oxygens (including phenoxy) is 2. The monoisotopic (exact) mass is 337 g/mol. The standard InChI is InChI=1S/C15H22F3NO2S/c1-10(16)15(17,18)9-22-14-8-12(20-3)11(5-6-19-2)7-13(14)21-4/h7-8,10,19H,5-6,9H2,1-4H3. The molecule has 0 amide bonds.